The van der Waals surface area contributed by atoms with Crippen molar-refractivity contribution in [2.45, 2.75) is 44.6 Å². The highest BCUT2D eigenvalue weighted by molar-refractivity contribution is 6.01. The van der Waals surface area contributed by atoms with Gasteiger partial charge in [-0.05, 0) is 49.8 Å². The molecule has 0 bridgehead atoms. The van der Waals surface area contributed by atoms with Crippen molar-refractivity contribution >= 4 is 22.1 Å². The summed E-state index contributed by atoms with van der Waals surface area (Å²) in [6.45, 7) is 1.18. The Morgan fingerprint density at radius 2 is 1.86 bits per heavy atom. The minimum Gasteiger partial charge on any atom is -0.398 e. The first kappa shape index (κ1) is 12.9. The number of pyridine rings is 1. The van der Waals surface area contributed by atoms with Crippen LogP contribution in [-0.4, -0.2) is 17.6 Å². The lowest BCUT2D eigenvalue weighted by Gasteiger charge is -2.32. The molecule has 1 aliphatic carbocycles. The van der Waals surface area contributed by atoms with Gasteiger partial charge in [0, 0.05) is 47.1 Å². The summed E-state index contributed by atoms with van der Waals surface area (Å²) in [4.78, 5) is 6.96. The van der Waals surface area contributed by atoms with Crippen molar-refractivity contribution in [3.8, 4) is 0 Å². The van der Waals surface area contributed by atoms with E-state index in [0.29, 0.717) is 0 Å². The van der Waals surface area contributed by atoms with E-state index >= 15 is 0 Å². The Bertz CT molecular complexity index is 646. The largest absolute Gasteiger partial charge is 0.398 e. The van der Waals surface area contributed by atoms with Gasteiger partial charge in [-0.25, -0.2) is 0 Å². The fourth-order valence-corrected chi connectivity index (χ4v) is 4.37. The number of fused-ring (bicyclic) bond motifs is 1. The second-order valence-electron chi connectivity index (χ2n) is 6.54. The van der Waals surface area contributed by atoms with Gasteiger partial charge in [0.2, 0.25) is 0 Å². The number of hydrogen-bond donors (Lipinski definition) is 1. The highest BCUT2D eigenvalue weighted by atomic mass is 15.2. The fourth-order valence-electron chi connectivity index (χ4n) is 4.37. The first-order valence-corrected chi connectivity index (χ1v) is 8.23. The van der Waals surface area contributed by atoms with Crippen LogP contribution in [0, 0.1) is 5.92 Å². The van der Waals surface area contributed by atoms with Crippen LogP contribution >= 0.6 is 0 Å². The normalized spacial score (nSPS) is 23.2. The standard InChI is InChI=1S/C18H23N3/c19-16-7-8-18(15-12-20-10-9-14(15)16)21-11-3-6-17(21)13-4-1-2-5-13/h7-10,12-13,17H,1-6,11,19H2. The van der Waals surface area contributed by atoms with E-state index in [1.807, 2.05) is 18.5 Å². The van der Waals surface area contributed by atoms with Crippen molar-refractivity contribution in [2.24, 2.45) is 5.92 Å². The van der Waals surface area contributed by atoms with Gasteiger partial charge in [0.15, 0.2) is 0 Å². The van der Waals surface area contributed by atoms with Crippen molar-refractivity contribution in [1.82, 2.24) is 4.98 Å². The van der Waals surface area contributed by atoms with Crippen LogP contribution in [0.3, 0.4) is 0 Å². The smallest absolute Gasteiger partial charge is 0.0465 e. The highest BCUT2D eigenvalue weighted by Gasteiger charge is 2.34. The number of aromatic nitrogens is 1. The van der Waals surface area contributed by atoms with Crippen molar-refractivity contribution in [2.75, 3.05) is 17.2 Å². The second-order valence-corrected chi connectivity index (χ2v) is 6.54. The van der Waals surface area contributed by atoms with Gasteiger partial charge in [0.05, 0.1) is 0 Å². The third-order valence-corrected chi connectivity index (χ3v) is 5.38. The molecule has 2 N–H and O–H groups in total. The molecule has 1 saturated carbocycles. The SMILES string of the molecule is Nc1ccc(N2CCCC2C2CCCC2)c2cnccc12. The van der Waals surface area contributed by atoms with Gasteiger partial charge in [-0.2, -0.15) is 0 Å². The quantitative estimate of drug-likeness (QED) is 0.847. The Morgan fingerprint density at radius 3 is 2.71 bits per heavy atom. The number of rotatable bonds is 2. The molecule has 0 spiro atoms. The summed E-state index contributed by atoms with van der Waals surface area (Å²) in [5, 5.41) is 2.35. The van der Waals surface area contributed by atoms with Crippen LogP contribution < -0.4 is 10.6 Å². The maximum absolute atomic E-state index is 6.13. The van der Waals surface area contributed by atoms with E-state index in [1.165, 1.54) is 56.1 Å². The molecule has 0 amide bonds. The van der Waals surface area contributed by atoms with E-state index in [1.54, 1.807) is 0 Å². The molecule has 2 aliphatic rings. The van der Waals surface area contributed by atoms with Gasteiger partial charge in [-0.1, -0.05) is 12.8 Å². The number of nitrogens with zero attached hydrogens (tertiary/aromatic N) is 2. The number of nitrogens with two attached hydrogens (primary N) is 1. The number of benzene rings is 1. The minimum absolute atomic E-state index is 0.722. The minimum atomic E-state index is 0.722. The lowest BCUT2D eigenvalue weighted by atomic mass is 9.95. The van der Waals surface area contributed by atoms with E-state index in [4.69, 9.17) is 5.73 Å². The molecule has 1 unspecified atom stereocenters. The Kier molecular flexibility index (Phi) is 3.21. The van der Waals surface area contributed by atoms with Crippen molar-refractivity contribution in [3.63, 3.8) is 0 Å². The zero-order valence-corrected chi connectivity index (χ0v) is 12.5. The zero-order valence-electron chi connectivity index (χ0n) is 12.5. The highest BCUT2D eigenvalue weighted by Crippen LogP contribution is 2.40. The van der Waals surface area contributed by atoms with Gasteiger partial charge in [0.1, 0.15) is 0 Å². The van der Waals surface area contributed by atoms with Gasteiger partial charge in [-0.15, -0.1) is 0 Å². The Balaban J connectivity index is 1.77. The van der Waals surface area contributed by atoms with Gasteiger partial charge in [-0.3, -0.25) is 4.98 Å². The summed E-state index contributed by atoms with van der Waals surface area (Å²) >= 11 is 0. The van der Waals surface area contributed by atoms with E-state index in [2.05, 4.69) is 22.0 Å². The van der Waals surface area contributed by atoms with Crippen molar-refractivity contribution < 1.29 is 0 Å². The first-order valence-electron chi connectivity index (χ1n) is 8.23. The van der Waals surface area contributed by atoms with Crippen LogP contribution in [0.25, 0.3) is 10.8 Å². The summed E-state index contributed by atoms with van der Waals surface area (Å²) in [5.74, 6) is 0.886. The van der Waals surface area contributed by atoms with Crippen LogP contribution in [0.5, 0.6) is 0 Å². The second kappa shape index (κ2) is 5.21. The topological polar surface area (TPSA) is 42.1 Å². The first-order chi connectivity index (χ1) is 10.3. The monoisotopic (exact) mass is 281 g/mol. The average Bonchev–Trinajstić information content (AvgIpc) is 3.19. The van der Waals surface area contributed by atoms with Crippen LogP contribution in [-0.2, 0) is 0 Å². The lowest BCUT2D eigenvalue weighted by Crippen LogP contribution is -2.34. The predicted octanol–water partition coefficient (Wildman–Crippen LogP) is 3.98. The summed E-state index contributed by atoms with van der Waals surface area (Å²) in [5.41, 5.74) is 8.32. The van der Waals surface area contributed by atoms with Crippen LogP contribution in [0.2, 0.25) is 0 Å². The molecule has 4 rings (SSSR count). The molecule has 21 heavy (non-hydrogen) atoms. The van der Waals surface area contributed by atoms with Crippen molar-refractivity contribution in [3.05, 3.63) is 30.6 Å². The fraction of sp³-hybridized carbons (Fsp3) is 0.500. The lowest BCUT2D eigenvalue weighted by molar-refractivity contribution is 0.431. The predicted molar refractivity (Wildman–Crippen MR) is 88.5 cm³/mol. The molecule has 2 fully saturated rings. The molecular formula is C18H23N3. The maximum atomic E-state index is 6.13. The Hall–Kier alpha value is -1.77. The van der Waals surface area contributed by atoms with Crippen LogP contribution in [0.1, 0.15) is 38.5 Å². The molecule has 3 nitrogen and oxygen atoms in total. The van der Waals surface area contributed by atoms with Crippen LogP contribution in [0.4, 0.5) is 11.4 Å². The summed E-state index contributed by atoms with van der Waals surface area (Å²) in [6, 6.07) is 7.02. The summed E-state index contributed by atoms with van der Waals surface area (Å²) in [6.07, 6.45) is 12.1. The molecule has 1 atom stereocenters. The molecular weight excluding hydrogens is 258 g/mol. The third-order valence-electron chi connectivity index (χ3n) is 5.38. The van der Waals surface area contributed by atoms with E-state index < -0.39 is 0 Å². The molecule has 1 aromatic heterocycles. The molecule has 110 valence electrons. The molecule has 0 radical (unpaired) electrons. The van der Waals surface area contributed by atoms with Gasteiger partial charge >= 0.3 is 0 Å². The molecule has 3 heteroatoms. The number of hydrogen-bond acceptors (Lipinski definition) is 3. The van der Waals surface area contributed by atoms with Gasteiger partial charge < -0.3 is 10.6 Å². The third kappa shape index (κ3) is 2.15. The maximum Gasteiger partial charge on any atom is 0.0465 e. The number of nitrogen functional groups attached to an aromatic ring is 1. The summed E-state index contributed by atoms with van der Waals surface area (Å²) in [7, 11) is 0. The number of anilines is 2. The molecule has 2 aromatic rings. The zero-order chi connectivity index (χ0) is 14.2. The molecule has 1 saturated heterocycles. The molecule has 1 aromatic carbocycles. The summed E-state index contributed by atoms with van der Waals surface area (Å²) < 4.78 is 0. The Morgan fingerprint density at radius 1 is 1.00 bits per heavy atom. The van der Waals surface area contributed by atoms with E-state index in [0.717, 1.165) is 23.0 Å². The average molecular weight is 281 g/mol. The Labute approximate surface area is 126 Å². The van der Waals surface area contributed by atoms with Gasteiger partial charge in [0.25, 0.3) is 0 Å². The van der Waals surface area contributed by atoms with E-state index in [9.17, 15) is 0 Å². The van der Waals surface area contributed by atoms with Crippen molar-refractivity contribution in [1.29, 1.82) is 0 Å². The van der Waals surface area contributed by atoms with Crippen LogP contribution in [0.15, 0.2) is 30.6 Å². The van der Waals surface area contributed by atoms with E-state index in [-0.39, 0.29) is 0 Å². The molecule has 1 aliphatic heterocycles. The molecule has 2 heterocycles.